The standard InChI is InChI=1S/C12H14FN/c1-2-12(14)11-7-9(13)6-8-4-3-5-10(8)11/h2,6-7,12H,1,3-5,14H2/t12-/m1/s1. The van der Waals surface area contributed by atoms with Crippen LogP contribution in [0.3, 0.4) is 0 Å². The number of aryl methyl sites for hydroxylation is 1. The Bertz CT molecular complexity index is 371. The van der Waals surface area contributed by atoms with Crippen molar-refractivity contribution >= 4 is 0 Å². The molecule has 2 heteroatoms. The summed E-state index contributed by atoms with van der Waals surface area (Å²) < 4.78 is 13.2. The lowest BCUT2D eigenvalue weighted by Gasteiger charge is -2.12. The Labute approximate surface area is 83.4 Å². The van der Waals surface area contributed by atoms with Crippen molar-refractivity contribution in [1.29, 1.82) is 0 Å². The second kappa shape index (κ2) is 3.54. The molecule has 0 saturated heterocycles. The predicted molar refractivity (Wildman–Crippen MR) is 55.6 cm³/mol. The highest BCUT2D eigenvalue weighted by molar-refractivity contribution is 5.41. The van der Waals surface area contributed by atoms with Crippen molar-refractivity contribution in [2.75, 3.05) is 0 Å². The van der Waals surface area contributed by atoms with Crippen molar-refractivity contribution in [2.45, 2.75) is 25.3 Å². The molecule has 0 heterocycles. The molecule has 1 aliphatic carbocycles. The van der Waals surface area contributed by atoms with E-state index in [1.54, 1.807) is 12.1 Å². The van der Waals surface area contributed by atoms with Gasteiger partial charge in [0.05, 0.1) is 0 Å². The highest BCUT2D eigenvalue weighted by Crippen LogP contribution is 2.29. The maximum absolute atomic E-state index is 13.2. The third kappa shape index (κ3) is 1.46. The minimum absolute atomic E-state index is 0.182. The number of hydrogen-bond donors (Lipinski definition) is 1. The summed E-state index contributed by atoms with van der Waals surface area (Å²) in [6, 6.07) is 2.93. The Morgan fingerprint density at radius 1 is 1.43 bits per heavy atom. The fraction of sp³-hybridized carbons (Fsp3) is 0.333. The van der Waals surface area contributed by atoms with Gasteiger partial charge in [0.15, 0.2) is 0 Å². The summed E-state index contributed by atoms with van der Waals surface area (Å²) in [4.78, 5) is 0. The predicted octanol–water partition coefficient (Wildman–Crippen LogP) is 2.50. The van der Waals surface area contributed by atoms with Gasteiger partial charge in [0.25, 0.3) is 0 Å². The minimum Gasteiger partial charge on any atom is -0.321 e. The summed E-state index contributed by atoms with van der Waals surface area (Å²) in [6.45, 7) is 3.64. The van der Waals surface area contributed by atoms with Crippen LogP contribution in [0, 0.1) is 5.82 Å². The van der Waals surface area contributed by atoms with Crippen molar-refractivity contribution in [3.8, 4) is 0 Å². The molecule has 1 aromatic rings. The van der Waals surface area contributed by atoms with Gasteiger partial charge in [0.1, 0.15) is 5.82 Å². The lowest BCUT2D eigenvalue weighted by Crippen LogP contribution is -2.10. The number of hydrogen-bond acceptors (Lipinski definition) is 1. The molecule has 14 heavy (non-hydrogen) atoms. The van der Waals surface area contributed by atoms with Crippen molar-refractivity contribution in [3.63, 3.8) is 0 Å². The van der Waals surface area contributed by atoms with Crippen molar-refractivity contribution in [1.82, 2.24) is 0 Å². The summed E-state index contributed by atoms with van der Waals surface area (Å²) in [7, 11) is 0. The van der Waals surface area contributed by atoms with Gasteiger partial charge in [-0.2, -0.15) is 0 Å². The topological polar surface area (TPSA) is 26.0 Å². The van der Waals surface area contributed by atoms with Crippen LogP contribution in [0.25, 0.3) is 0 Å². The van der Waals surface area contributed by atoms with Crippen molar-refractivity contribution in [3.05, 3.63) is 47.3 Å². The zero-order chi connectivity index (χ0) is 10.1. The van der Waals surface area contributed by atoms with Gasteiger partial charge in [-0.05, 0) is 48.1 Å². The Kier molecular flexibility index (Phi) is 2.38. The SMILES string of the molecule is C=C[C@@H](N)c1cc(F)cc2c1CCC2. The van der Waals surface area contributed by atoms with E-state index in [4.69, 9.17) is 5.73 Å². The smallest absolute Gasteiger partial charge is 0.123 e. The summed E-state index contributed by atoms with van der Waals surface area (Å²) in [6.07, 6.45) is 4.76. The molecule has 2 rings (SSSR count). The van der Waals surface area contributed by atoms with Crippen LogP contribution < -0.4 is 5.73 Å². The summed E-state index contributed by atoms with van der Waals surface area (Å²) >= 11 is 0. The Hall–Kier alpha value is -1.15. The third-order valence-electron chi connectivity index (χ3n) is 2.83. The molecule has 74 valence electrons. The molecule has 0 radical (unpaired) electrons. The van der Waals surface area contributed by atoms with Gasteiger partial charge in [0, 0.05) is 6.04 Å². The number of benzene rings is 1. The highest BCUT2D eigenvalue weighted by atomic mass is 19.1. The van der Waals surface area contributed by atoms with Crippen LogP contribution in [0.15, 0.2) is 24.8 Å². The maximum atomic E-state index is 13.2. The molecule has 0 saturated carbocycles. The van der Waals surface area contributed by atoms with E-state index in [9.17, 15) is 4.39 Å². The lowest BCUT2D eigenvalue weighted by atomic mass is 9.97. The van der Waals surface area contributed by atoms with Gasteiger partial charge in [-0.3, -0.25) is 0 Å². The van der Waals surface area contributed by atoms with Gasteiger partial charge >= 0.3 is 0 Å². The zero-order valence-corrected chi connectivity index (χ0v) is 8.09. The number of halogens is 1. The normalized spacial score (nSPS) is 16.4. The van der Waals surface area contributed by atoms with Crippen LogP contribution in [0.1, 0.15) is 29.2 Å². The number of rotatable bonds is 2. The maximum Gasteiger partial charge on any atom is 0.123 e. The van der Waals surface area contributed by atoms with Crippen LogP contribution in [0.5, 0.6) is 0 Å². The van der Waals surface area contributed by atoms with Crippen LogP contribution in [0.4, 0.5) is 4.39 Å². The van der Waals surface area contributed by atoms with E-state index in [0.29, 0.717) is 0 Å². The summed E-state index contributed by atoms with van der Waals surface area (Å²) in [5, 5.41) is 0. The molecule has 0 aromatic heterocycles. The Morgan fingerprint density at radius 2 is 2.21 bits per heavy atom. The molecular formula is C12H14FN. The number of nitrogens with two attached hydrogens (primary N) is 1. The van der Waals surface area contributed by atoms with Gasteiger partial charge in [-0.15, -0.1) is 6.58 Å². The van der Waals surface area contributed by atoms with E-state index in [-0.39, 0.29) is 11.9 Å². The first-order valence-corrected chi connectivity index (χ1v) is 4.91. The van der Waals surface area contributed by atoms with Gasteiger partial charge < -0.3 is 5.73 Å². The molecule has 1 nitrogen and oxygen atoms in total. The first-order valence-electron chi connectivity index (χ1n) is 4.91. The molecule has 0 spiro atoms. The molecule has 0 fully saturated rings. The minimum atomic E-state index is -0.238. The van der Waals surface area contributed by atoms with Gasteiger partial charge in [-0.25, -0.2) is 4.39 Å². The fourth-order valence-electron chi connectivity index (χ4n) is 2.12. The number of fused-ring (bicyclic) bond motifs is 1. The summed E-state index contributed by atoms with van der Waals surface area (Å²) in [5.74, 6) is -0.182. The highest BCUT2D eigenvalue weighted by Gasteiger charge is 2.18. The van der Waals surface area contributed by atoms with Crippen LogP contribution in [-0.2, 0) is 12.8 Å². The summed E-state index contributed by atoms with van der Waals surface area (Å²) in [5.41, 5.74) is 9.12. The first kappa shape index (κ1) is 9.41. The van der Waals surface area contributed by atoms with E-state index >= 15 is 0 Å². The molecule has 1 aromatic carbocycles. The third-order valence-corrected chi connectivity index (χ3v) is 2.83. The van der Waals surface area contributed by atoms with E-state index in [2.05, 4.69) is 6.58 Å². The quantitative estimate of drug-likeness (QED) is 0.714. The van der Waals surface area contributed by atoms with Crippen LogP contribution in [0.2, 0.25) is 0 Å². The van der Waals surface area contributed by atoms with Gasteiger partial charge in [0.2, 0.25) is 0 Å². The molecule has 0 amide bonds. The Balaban J connectivity index is 2.53. The molecule has 0 bridgehead atoms. The largest absolute Gasteiger partial charge is 0.321 e. The second-order valence-corrected chi connectivity index (χ2v) is 3.75. The molecule has 1 atom stereocenters. The first-order chi connectivity index (χ1) is 6.72. The molecular weight excluding hydrogens is 177 g/mol. The average molecular weight is 191 g/mol. The van der Waals surface area contributed by atoms with E-state index in [1.165, 1.54) is 11.6 Å². The lowest BCUT2D eigenvalue weighted by molar-refractivity contribution is 0.621. The van der Waals surface area contributed by atoms with Gasteiger partial charge in [-0.1, -0.05) is 6.08 Å². The van der Waals surface area contributed by atoms with E-state index in [1.807, 2.05) is 0 Å². The average Bonchev–Trinajstić information content (AvgIpc) is 2.62. The molecule has 2 N–H and O–H groups in total. The Morgan fingerprint density at radius 3 is 2.93 bits per heavy atom. The monoisotopic (exact) mass is 191 g/mol. The van der Waals surface area contributed by atoms with Crippen LogP contribution in [-0.4, -0.2) is 0 Å². The van der Waals surface area contributed by atoms with Crippen molar-refractivity contribution in [2.24, 2.45) is 5.73 Å². The second-order valence-electron chi connectivity index (χ2n) is 3.75. The molecule has 0 unspecified atom stereocenters. The fourth-order valence-corrected chi connectivity index (χ4v) is 2.12. The zero-order valence-electron chi connectivity index (χ0n) is 8.09. The van der Waals surface area contributed by atoms with E-state index in [0.717, 1.165) is 30.4 Å². The van der Waals surface area contributed by atoms with Crippen molar-refractivity contribution < 1.29 is 4.39 Å². The molecule has 1 aliphatic rings. The molecule has 0 aliphatic heterocycles. The van der Waals surface area contributed by atoms with Crippen LogP contribution >= 0.6 is 0 Å². The van der Waals surface area contributed by atoms with E-state index < -0.39 is 0 Å².